The molecular formula is C20H24N2O3S. The minimum Gasteiger partial charge on any atom is -0.481 e. The van der Waals surface area contributed by atoms with Crippen molar-refractivity contribution in [3.8, 4) is 0 Å². The first-order valence-corrected chi connectivity index (χ1v) is 9.78. The quantitative estimate of drug-likeness (QED) is 0.806. The molecule has 3 rings (SSSR count). The van der Waals surface area contributed by atoms with Gasteiger partial charge in [0.25, 0.3) is 5.91 Å². The van der Waals surface area contributed by atoms with Crippen LogP contribution in [0.2, 0.25) is 0 Å². The largest absolute Gasteiger partial charge is 0.481 e. The molecule has 0 bridgehead atoms. The highest BCUT2D eigenvalue weighted by molar-refractivity contribution is 7.13. The lowest BCUT2D eigenvalue weighted by atomic mass is 9.82. The Bertz CT molecular complexity index is 797. The van der Waals surface area contributed by atoms with Gasteiger partial charge in [0.1, 0.15) is 10.3 Å². The van der Waals surface area contributed by atoms with Crippen LogP contribution in [-0.2, 0) is 10.2 Å². The van der Waals surface area contributed by atoms with E-state index < -0.39 is 11.4 Å². The molecule has 0 saturated heterocycles. The molecule has 1 aromatic heterocycles. The first kappa shape index (κ1) is 18.6. The minimum absolute atomic E-state index is 0.0290. The van der Waals surface area contributed by atoms with Crippen molar-refractivity contribution in [3.05, 3.63) is 51.5 Å². The fourth-order valence-electron chi connectivity index (χ4n) is 3.42. The first-order chi connectivity index (χ1) is 12.4. The lowest BCUT2D eigenvalue weighted by Crippen LogP contribution is -2.44. The Kier molecular flexibility index (Phi) is 5.41. The summed E-state index contributed by atoms with van der Waals surface area (Å²) in [7, 11) is 0. The molecule has 0 radical (unpaired) electrons. The summed E-state index contributed by atoms with van der Waals surface area (Å²) in [6.45, 7) is 3.51. The standard InChI is InChI=1S/C20H24N2O3S/c1-13-16(26-18(22-13)14-8-6-7-9-14)17(23)21-12-20(2,19(24)25)15-10-4-3-5-11-15/h3-5,10-11,14H,6-9,12H2,1-2H3,(H,21,23)(H,24,25). The number of carboxylic acids is 1. The predicted octanol–water partition coefficient (Wildman–Crippen LogP) is 3.88. The van der Waals surface area contributed by atoms with E-state index in [-0.39, 0.29) is 12.5 Å². The van der Waals surface area contributed by atoms with E-state index in [0.717, 1.165) is 23.5 Å². The van der Waals surface area contributed by atoms with Crippen LogP contribution in [0.3, 0.4) is 0 Å². The number of hydrogen-bond acceptors (Lipinski definition) is 4. The van der Waals surface area contributed by atoms with Crippen molar-refractivity contribution >= 4 is 23.2 Å². The highest BCUT2D eigenvalue weighted by Gasteiger charge is 2.36. The van der Waals surface area contributed by atoms with E-state index in [1.807, 2.05) is 13.0 Å². The zero-order chi connectivity index (χ0) is 18.7. The van der Waals surface area contributed by atoms with Crippen LogP contribution >= 0.6 is 11.3 Å². The monoisotopic (exact) mass is 372 g/mol. The molecule has 0 spiro atoms. The Morgan fingerprint density at radius 2 is 1.92 bits per heavy atom. The number of nitrogens with zero attached hydrogens (tertiary/aromatic N) is 1. The zero-order valence-electron chi connectivity index (χ0n) is 15.1. The van der Waals surface area contributed by atoms with E-state index in [1.165, 1.54) is 24.2 Å². The second-order valence-electron chi connectivity index (χ2n) is 7.13. The van der Waals surface area contributed by atoms with Crippen LogP contribution in [0.25, 0.3) is 0 Å². The van der Waals surface area contributed by atoms with Crippen LogP contribution in [0, 0.1) is 6.92 Å². The maximum Gasteiger partial charge on any atom is 0.315 e. The highest BCUT2D eigenvalue weighted by Crippen LogP contribution is 2.37. The molecule has 26 heavy (non-hydrogen) atoms. The molecule has 1 aliphatic carbocycles. The molecule has 6 heteroatoms. The third kappa shape index (κ3) is 3.65. The van der Waals surface area contributed by atoms with E-state index in [4.69, 9.17) is 0 Å². The predicted molar refractivity (Wildman–Crippen MR) is 102 cm³/mol. The molecule has 1 heterocycles. The van der Waals surface area contributed by atoms with Crippen LogP contribution in [0.4, 0.5) is 0 Å². The molecule has 2 aromatic rings. The Morgan fingerprint density at radius 1 is 1.27 bits per heavy atom. The van der Waals surface area contributed by atoms with Gasteiger partial charge in [-0.25, -0.2) is 4.98 Å². The summed E-state index contributed by atoms with van der Waals surface area (Å²) >= 11 is 1.45. The molecule has 1 aromatic carbocycles. The summed E-state index contributed by atoms with van der Waals surface area (Å²) in [5.41, 5.74) is 0.218. The third-order valence-corrected chi connectivity index (χ3v) is 6.53. The van der Waals surface area contributed by atoms with Crippen molar-refractivity contribution in [2.24, 2.45) is 0 Å². The number of carbonyl (C=O) groups is 2. The number of thiazole rings is 1. The Balaban J connectivity index is 1.74. The molecule has 1 amide bonds. The number of carboxylic acid groups (broad SMARTS) is 1. The second kappa shape index (κ2) is 7.58. The zero-order valence-corrected chi connectivity index (χ0v) is 15.9. The number of benzene rings is 1. The number of hydrogen-bond donors (Lipinski definition) is 2. The molecule has 0 aliphatic heterocycles. The number of aryl methyl sites for hydroxylation is 1. The number of nitrogens with one attached hydrogen (secondary N) is 1. The Labute approximate surface area is 157 Å². The lowest BCUT2D eigenvalue weighted by molar-refractivity contribution is -0.142. The first-order valence-electron chi connectivity index (χ1n) is 8.96. The number of carbonyl (C=O) groups excluding carboxylic acids is 1. The van der Waals surface area contributed by atoms with E-state index in [1.54, 1.807) is 31.2 Å². The SMILES string of the molecule is Cc1nc(C2CCCC2)sc1C(=O)NCC(C)(C(=O)O)c1ccccc1. The number of aromatic nitrogens is 1. The van der Waals surface area contributed by atoms with Crippen molar-refractivity contribution < 1.29 is 14.7 Å². The Hall–Kier alpha value is -2.21. The van der Waals surface area contributed by atoms with Gasteiger partial charge in [0, 0.05) is 12.5 Å². The maximum atomic E-state index is 12.7. The summed E-state index contributed by atoms with van der Waals surface area (Å²) < 4.78 is 0. The van der Waals surface area contributed by atoms with Crippen molar-refractivity contribution in [1.82, 2.24) is 10.3 Å². The van der Waals surface area contributed by atoms with Crippen molar-refractivity contribution in [2.45, 2.75) is 50.9 Å². The molecule has 138 valence electrons. The minimum atomic E-state index is -1.18. The van der Waals surface area contributed by atoms with Gasteiger partial charge in [-0.05, 0) is 32.3 Å². The van der Waals surface area contributed by atoms with Crippen molar-refractivity contribution in [3.63, 3.8) is 0 Å². The van der Waals surface area contributed by atoms with Gasteiger partial charge in [0.05, 0.1) is 10.7 Å². The van der Waals surface area contributed by atoms with E-state index in [0.29, 0.717) is 16.4 Å². The van der Waals surface area contributed by atoms with Crippen LogP contribution in [0.1, 0.15) is 64.5 Å². The third-order valence-electron chi connectivity index (χ3n) is 5.21. The summed E-state index contributed by atoms with van der Waals surface area (Å²) in [4.78, 5) is 29.7. The number of aliphatic carboxylic acids is 1. The summed E-state index contributed by atoms with van der Waals surface area (Å²) in [6.07, 6.45) is 4.72. The fraction of sp³-hybridized carbons (Fsp3) is 0.450. The van der Waals surface area contributed by atoms with Crippen LogP contribution in [0.5, 0.6) is 0 Å². The highest BCUT2D eigenvalue weighted by atomic mass is 32.1. The van der Waals surface area contributed by atoms with Crippen LogP contribution in [0.15, 0.2) is 30.3 Å². The van der Waals surface area contributed by atoms with Crippen LogP contribution < -0.4 is 5.32 Å². The molecule has 1 fully saturated rings. The van der Waals surface area contributed by atoms with E-state index in [9.17, 15) is 14.7 Å². The van der Waals surface area contributed by atoms with Crippen molar-refractivity contribution in [1.29, 1.82) is 0 Å². The fourth-order valence-corrected chi connectivity index (χ4v) is 4.57. The normalized spacial score (nSPS) is 17.0. The van der Waals surface area contributed by atoms with Gasteiger partial charge >= 0.3 is 5.97 Å². The number of rotatable bonds is 6. The second-order valence-corrected chi connectivity index (χ2v) is 8.16. The van der Waals surface area contributed by atoms with Crippen molar-refractivity contribution in [2.75, 3.05) is 6.54 Å². The summed E-state index contributed by atoms with van der Waals surface area (Å²) in [5.74, 6) is -0.738. The number of amides is 1. The summed E-state index contributed by atoms with van der Waals surface area (Å²) in [6, 6.07) is 9.00. The van der Waals surface area contributed by atoms with E-state index >= 15 is 0 Å². The van der Waals surface area contributed by atoms with Gasteiger partial charge in [-0.15, -0.1) is 11.3 Å². The molecule has 2 N–H and O–H groups in total. The van der Waals surface area contributed by atoms with Gasteiger partial charge in [0.15, 0.2) is 0 Å². The van der Waals surface area contributed by atoms with E-state index in [2.05, 4.69) is 10.3 Å². The molecule has 5 nitrogen and oxygen atoms in total. The molecule has 1 unspecified atom stereocenters. The van der Waals surface area contributed by atoms with Gasteiger partial charge in [0.2, 0.25) is 0 Å². The Morgan fingerprint density at radius 3 is 2.54 bits per heavy atom. The maximum absolute atomic E-state index is 12.7. The molecule has 1 aliphatic rings. The molecule has 1 atom stereocenters. The van der Waals surface area contributed by atoms with Crippen LogP contribution in [-0.4, -0.2) is 28.5 Å². The van der Waals surface area contributed by atoms with Gasteiger partial charge in [-0.1, -0.05) is 43.2 Å². The van der Waals surface area contributed by atoms with Gasteiger partial charge in [-0.3, -0.25) is 9.59 Å². The lowest BCUT2D eigenvalue weighted by Gasteiger charge is -2.25. The topological polar surface area (TPSA) is 79.3 Å². The average molecular weight is 372 g/mol. The molecular weight excluding hydrogens is 348 g/mol. The summed E-state index contributed by atoms with van der Waals surface area (Å²) in [5, 5.41) is 13.6. The van der Waals surface area contributed by atoms with Gasteiger partial charge < -0.3 is 10.4 Å². The smallest absolute Gasteiger partial charge is 0.315 e. The molecule has 1 saturated carbocycles. The average Bonchev–Trinajstić information content (AvgIpc) is 3.29. The van der Waals surface area contributed by atoms with Gasteiger partial charge in [-0.2, -0.15) is 0 Å².